The highest BCUT2D eigenvalue weighted by Crippen LogP contribution is 2.29. The topological polar surface area (TPSA) is 75.6 Å². The van der Waals surface area contributed by atoms with E-state index in [1.807, 2.05) is 0 Å². The molecule has 0 bridgehead atoms. The lowest BCUT2D eigenvalue weighted by atomic mass is 10.2. The summed E-state index contributed by atoms with van der Waals surface area (Å²) in [7, 11) is 0. The molecule has 0 atom stereocenters. The van der Waals surface area contributed by atoms with E-state index < -0.39 is 17.7 Å². The predicted molar refractivity (Wildman–Crippen MR) is 73.3 cm³/mol. The van der Waals surface area contributed by atoms with Crippen molar-refractivity contribution < 1.29 is 19.4 Å². The Morgan fingerprint density at radius 2 is 1.79 bits per heavy atom. The molecule has 5 nitrogen and oxygen atoms in total. The van der Waals surface area contributed by atoms with Gasteiger partial charge in [0.2, 0.25) is 0 Å². The van der Waals surface area contributed by atoms with Gasteiger partial charge in [0.15, 0.2) is 0 Å². The Hall–Kier alpha value is -1.46. The number of rotatable bonds is 2. The Balaban J connectivity index is 2.95. The van der Waals surface area contributed by atoms with Crippen LogP contribution in [0.15, 0.2) is 12.1 Å². The van der Waals surface area contributed by atoms with Crippen molar-refractivity contribution in [3.63, 3.8) is 0 Å². The van der Waals surface area contributed by atoms with E-state index in [4.69, 9.17) is 33.0 Å². The van der Waals surface area contributed by atoms with Crippen molar-refractivity contribution in [2.75, 3.05) is 5.32 Å². The summed E-state index contributed by atoms with van der Waals surface area (Å²) in [5.41, 5.74) is -0.603. The number of anilines is 1. The van der Waals surface area contributed by atoms with E-state index >= 15 is 0 Å². The molecule has 0 unspecified atom stereocenters. The van der Waals surface area contributed by atoms with Crippen LogP contribution >= 0.6 is 23.2 Å². The highest BCUT2D eigenvalue weighted by Gasteiger charge is 2.18. The summed E-state index contributed by atoms with van der Waals surface area (Å²) in [6, 6.07) is 2.43. The van der Waals surface area contributed by atoms with Crippen LogP contribution in [-0.4, -0.2) is 22.8 Å². The summed E-state index contributed by atoms with van der Waals surface area (Å²) >= 11 is 11.6. The second-order valence-electron chi connectivity index (χ2n) is 4.74. The third-order valence-electron chi connectivity index (χ3n) is 1.92. The summed E-state index contributed by atoms with van der Waals surface area (Å²) in [6.07, 6.45) is -0.700. The van der Waals surface area contributed by atoms with E-state index in [-0.39, 0.29) is 21.3 Å². The monoisotopic (exact) mass is 305 g/mol. The zero-order valence-electron chi connectivity index (χ0n) is 10.6. The number of benzene rings is 1. The summed E-state index contributed by atoms with van der Waals surface area (Å²) in [4.78, 5) is 22.4. The number of halogens is 2. The van der Waals surface area contributed by atoms with Crippen LogP contribution in [0, 0.1) is 0 Å². The molecule has 0 radical (unpaired) electrons. The van der Waals surface area contributed by atoms with Crippen molar-refractivity contribution in [3.05, 3.63) is 27.7 Å². The summed E-state index contributed by atoms with van der Waals surface area (Å²) in [5, 5.41) is 11.3. The summed E-state index contributed by atoms with van der Waals surface area (Å²) in [5.74, 6) is -1.20. The van der Waals surface area contributed by atoms with Gasteiger partial charge in [-0.3, -0.25) is 5.32 Å². The molecule has 0 saturated heterocycles. The molecular formula is C12H13Cl2NO4. The predicted octanol–water partition coefficient (Wildman–Crippen LogP) is 4.04. The number of aromatic carboxylic acids is 1. The molecule has 0 aliphatic heterocycles. The quantitative estimate of drug-likeness (QED) is 0.864. The smallest absolute Gasteiger partial charge is 0.412 e. The van der Waals surface area contributed by atoms with Gasteiger partial charge in [0, 0.05) is 0 Å². The van der Waals surface area contributed by atoms with Gasteiger partial charge in [-0.2, -0.15) is 0 Å². The molecule has 1 amide bonds. The average molecular weight is 306 g/mol. The fraction of sp³-hybridized carbons (Fsp3) is 0.333. The first kappa shape index (κ1) is 15.6. The largest absolute Gasteiger partial charge is 0.478 e. The van der Waals surface area contributed by atoms with Gasteiger partial charge in [-0.15, -0.1) is 0 Å². The molecule has 0 aromatic heterocycles. The third-order valence-corrected chi connectivity index (χ3v) is 2.55. The molecule has 1 aromatic carbocycles. The number of carbonyl (C=O) groups is 2. The SMILES string of the molecule is CC(C)(C)OC(=O)Nc1cc(Cl)c(C(=O)O)cc1Cl. The van der Waals surface area contributed by atoms with Gasteiger partial charge in [-0.25, -0.2) is 9.59 Å². The Bertz CT molecular complexity index is 523. The van der Waals surface area contributed by atoms with Crippen molar-refractivity contribution >= 4 is 41.0 Å². The molecule has 0 aliphatic carbocycles. The molecule has 0 fully saturated rings. The number of hydrogen-bond donors (Lipinski definition) is 2. The van der Waals surface area contributed by atoms with E-state index in [0.717, 1.165) is 0 Å². The minimum Gasteiger partial charge on any atom is -0.478 e. The van der Waals surface area contributed by atoms with E-state index in [1.54, 1.807) is 20.8 Å². The number of ether oxygens (including phenoxy) is 1. The lowest BCUT2D eigenvalue weighted by Gasteiger charge is -2.20. The standard InChI is InChI=1S/C12H13Cl2NO4/c1-12(2,3)19-11(18)15-9-5-7(13)6(10(16)17)4-8(9)14/h4-5H,1-3H3,(H,15,18)(H,16,17). The van der Waals surface area contributed by atoms with Gasteiger partial charge < -0.3 is 9.84 Å². The molecule has 19 heavy (non-hydrogen) atoms. The fourth-order valence-corrected chi connectivity index (χ4v) is 1.68. The normalized spacial score (nSPS) is 11.0. The molecule has 1 aromatic rings. The second-order valence-corrected chi connectivity index (χ2v) is 5.56. The van der Waals surface area contributed by atoms with Gasteiger partial charge in [-0.1, -0.05) is 23.2 Å². The Morgan fingerprint density at radius 3 is 2.26 bits per heavy atom. The van der Waals surface area contributed by atoms with Gasteiger partial charge >= 0.3 is 12.1 Å². The maximum absolute atomic E-state index is 11.6. The first-order valence-corrected chi connectivity index (χ1v) is 6.08. The van der Waals surface area contributed by atoms with E-state index in [2.05, 4.69) is 5.32 Å². The van der Waals surface area contributed by atoms with E-state index in [1.165, 1.54) is 12.1 Å². The summed E-state index contributed by atoms with van der Waals surface area (Å²) < 4.78 is 5.05. The molecule has 0 heterocycles. The Kier molecular flexibility index (Phi) is 4.66. The molecule has 0 aliphatic rings. The third kappa shape index (κ3) is 4.61. The van der Waals surface area contributed by atoms with Crippen LogP contribution in [0.2, 0.25) is 10.0 Å². The van der Waals surface area contributed by atoms with Crippen LogP contribution in [-0.2, 0) is 4.74 Å². The zero-order valence-corrected chi connectivity index (χ0v) is 12.1. The average Bonchev–Trinajstić information content (AvgIpc) is 2.19. The molecule has 0 spiro atoms. The highest BCUT2D eigenvalue weighted by atomic mass is 35.5. The van der Waals surface area contributed by atoms with Crippen molar-refractivity contribution in [1.29, 1.82) is 0 Å². The molecular weight excluding hydrogens is 293 g/mol. The molecule has 104 valence electrons. The number of amides is 1. The van der Waals surface area contributed by atoms with Crippen LogP contribution in [0.3, 0.4) is 0 Å². The number of carbonyl (C=O) groups excluding carboxylic acids is 1. The van der Waals surface area contributed by atoms with E-state index in [0.29, 0.717) is 0 Å². The van der Waals surface area contributed by atoms with Gasteiger partial charge in [0.25, 0.3) is 0 Å². The summed E-state index contributed by atoms with van der Waals surface area (Å²) in [6.45, 7) is 5.15. The molecule has 1 rings (SSSR count). The lowest BCUT2D eigenvalue weighted by molar-refractivity contribution is 0.0634. The van der Waals surface area contributed by atoms with Crippen LogP contribution in [0.1, 0.15) is 31.1 Å². The second kappa shape index (κ2) is 5.67. The van der Waals surface area contributed by atoms with Crippen molar-refractivity contribution in [2.45, 2.75) is 26.4 Å². The van der Waals surface area contributed by atoms with Crippen molar-refractivity contribution in [3.8, 4) is 0 Å². The van der Waals surface area contributed by atoms with Crippen LogP contribution in [0.5, 0.6) is 0 Å². The zero-order chi connectivity index (χ0) is 14.8. The molecule has 2 N–H and O–H groups in total. The molecule has 7 heteroatoms. The van der Waals surface area contributed by atoms with Crippen LogP contribution in [0.25, 0.3) is 0 Å². The first-order chi connectivity index (χ1) is 8.60. The maximum atomic E-state index is 11.6. The van der Waals surface area contributed by atoms with Gasteiger partial charge in [0.1, 0.15) is 5.60 Å². The lowest BCUT2D eigenvalue weighted by Crippen LogP contribution is -2.27. The minimum absolute atomic E-state index is 0.0250. The molecule has 0 saturated carbocycles. The van der Waals surface area contributed by atoms with E-state index in [9.17, 15) is 9.59 Å². The number of hydrogen-bond acceptors (Lipinski definition) is 3. The van der Waals surface area contributed by atoms with Crippen molar-refractivity contribution in [1.82, 2.24) is 0 Å². The van der Waals surface area contributed by atoms with Crippen molar-refractivity contribution in [2.24, 2.45) is 0 Å². The maximum Gasteiger partial charge on any atom is 0.412 e. The Labute approximate surface area is 120 Å². The number of nitrogens with one attached hydrogen (secondary N) is 1. The van der Waals surface area contributed by atoms with Crippen LogP contribution < -0.4 is 5.32 Å². The number of carboxylic acid groups (broad SMARTS) is 1. The highest BCUT2D eigenvalue weighted by molar-refractivity contribution is 6.37. The first-order valence-electron chi connectivity index (χ1n) is 5.32. The minimum atomic E-state index is -1.20. The fourth-order valence-electron chi connectivity index (χ4n) is 1.22. The van der Waals surface area contributed by atoms with Gasteiger partial charge in [0.05, 0.1) is 21.3 Å². The number of carboxylic acids is 1. The van der Waals surface area contributed by atoms with Gasteiger partial charge in [-0.05, 0) is 32.9 Å². The Morgan fingerprint density at radius 1 is 1.21 bits per heavy atom. The van der Waals surface area contributed by atoms with Crippen LogP contribution in [0.4, 0.5) is 10.5 Å².